The second kappa shape index (κ2) is 10.2. The lowest BCUT2D eigenvalue weighted by Gasteiger charge is -2.11. The number of alkyl halides is 2. The summed E-state index contributed by atoms with van der Waals surface area (Å²) >= 11 is 0. The van der Waals surface area contributed by atoms with Gasteiger partial charge in [0.25, 0.3) is 5.56 Å². The van der Waals surface area contributed by atoms with Gasteiger partial charge in [-0.2, -0.15) is 14.0 Å². The predicted molar refractivity (Wildman–Crippen MR) is 110 cm³/mol. The Labute approximate surface area is 180 Å². The maximum absolute atomic E-state index is 12.6. The van der Waals surface area contributed by atoms with Crippen LogP contribution in [-0.2, 0) is 22.7 Å². The molecule has 2 aromatic carbocycles. The predicted octanol–water partition coefficient (Wildman–Crippen LogP) is 3.29. The van der Waals surface area contributed by atoms with Gasteiger partial charge in [-0.05, 0) is 35.9 Å². The number of nitriles is 1. The van der Waals surface area contributed by atoms with E-state index in [1.165, 1.54) is 31.4 Å². The van der Waals surface area contributed by atoms with E-state index in [4.69, 9.17) is 14.7 Å². The molecule has 1 heterocycles. The highest BCUT2D eigenvalue weighted by molar-refractivity contribution is 5.87. The van der Waals surface area contributed by atoms with Gasteiger partial charge in [-0.1, -0.05) is 18.2 Å². The summed E-state index contributed by atoms with van der Waals surface area (Å²) in [6.45, 7) is -3.57. The Balaban J connectivity index is 1.74. The number of carbonyl (C=O) groups is 1. The van der Waals surface area contributed by atoms with Crippen LogP contribution in [0, 0.1) is 11.3 Å². The molecule has 0 radical (unpaired) electrons. The first kappa shape index (κ1) is 22.4. The van der Waals surface area contributed by atoms with Crippen LogP contribution in [0.15, 0.2) is 53.3 Å². The second-order valence-electron chi connectivity index (χ2n) is 6.32. The number of ether oxygens (including phenoxy) is 3. The second-order valence-corrected chi connectivity index (χ2v) is 6.32. The van der Waals surface area contributed by atoms with Gasteiger partial charge in [-0.3, -0.25) is 9.36 Å². The Morgan fingerprint density at radius 1 is 1.25 bits per heavy atom. The van der Waals surface area contributed by atoms with Crippen LogP contribution in [0.4, 0.5) is 8.78 Å². The Hall–Kier alpha value is -4.26. The molecule has 10 heteroatoms. The Morgan fingerprint density at radius 2 is 2.03 bits per heavy atom. The SMILES string of the molecule is COc1cc(/C=C/C(=O)OCc2nc3ccccc3c(=O)n2CC#N)ccc1OC(F)F. The third kappa shape index (κ3) is 5.26. The van der Waals surface area contributed by atoms with Gasteiger partial charge in [0, 0.05) is 6.08 Å². The van der Waals surface area contributed by atoms with Crippen LogP contribution in [-0.4, -0.2) is 29.2 Å². The largest absolute Gasteiger partial charge is 0.493 e. The number of hydrogen-bond donors (Lipinski definition) is 0. The molecule has 8 nitrogen and oxygen atoms in total. The Morgan fingerprint density at radius 3 is 2.75 bits per heavy atom. The van der Waals surface area contributed by atoms with Gasteiger partial charge in [0.2, 0.25) is 0 Å². The van der Waals surface area contributed by atoms with E-state index in [2.05, 4.69) is 9.72 Å². The monoisotopic (exact) mass is 441 g/mol. The average molecular weight is 441 g/mol. The van der Waals surface area contributed by atoms with Crippen LogP contribution in [0.25, 0.3) is 17.0 Å². The maximum Gasteiger partial charge on any atom is 0.387 e. The van der Waals surface area contributed by atoms with Gasteiger partial charge in [0.05, 0.1) is 24.1 Å². The van der Waals surface area contributed by atoms with Crippen molar-refractivity contribution in [2.45, 2.75) is 19.8 Å². The minimum atomic E-state index is -3.00. The smallest absolute Gasteiger partial charge is 0.387 e. The first-order chi connectivity index (χ1) is 15.4. The molecule has 164 valence electrons. The van der Waals surface area contributed by atoms with E-state index in [-0.39, 0.29) is 30.5 Å². The summed E-state index contributed by atoms with van der Waals surface area (Å²) in [5.74, 6) is -0.670. The highest BCUT2D eigenvalue weighted by Crippen LogP contribution is 2.29. The fourth-order valence-corrected chi connectivity index (χ4v) is 2.89. The van der Waals surface area contributed by atoms with Crippen molar-refractivity contribution in [3.8, 4) is 17.6 Å². The van der Waals surface area contributed by atoms with Crippen molar-refractivity contribution in [1.29, 1.82) is 5.26 Å². The number of aromatic nitrogens is 2. The van der Waals surface area contributed by atoms with E-state index in [0.717, 1.165) is 10.6 Å². The molecular formula is C22H17F2N3O5. The zero-order valence-electron chi connectivity index (χ0n) is 16.8. The molecule has 3 rings (SSSR count). The summed E-state index contributed by atoms with van der Waals surface area (Å²) in [5, 5.41) is 9.37. The summed E-state index contributed by atoms with van der Waals surface area (Å²) in [5.41, 5.74) is 0.495. The summed E-state index contributed by atoms with van der Waals surface area (Å²) in [4.78, 5) is 29.0. The molecule has 0 N–H and O–H groups in total. The third-order valence-corrected chi connectivity index (χ3v) is 4.33. The van der Waals surface area contributed by atoms with Gasteiger partial charge in [0.1, 0.15) is 13.2 Å². The lowest BCUT2D eigenvalue weighted by molar-refractivity contribution is -0.139. The van der Waals surface area contributed by atoms with Crippen molar-refractivity contribution in [2.24, 2.45) is 0 Å². The number of esters is 1. The van der Waals surface area contributed by atoms with Crippen molar-refractivity contribution < 1.29 is 27.8 Å². The number of methoxy groups -OCH3 is 1. The van der Waals surface area contributed by atoms with Gasteiger partial charge in [0.15, 0.2) is 17.3 Å². The van der Waals surface area contributed by atoms with Gasteiger partial charge in [-0.15, -0.1) is 0 Å². The molecule has 3 aromatic rings. The first-order valence-corrected chi connectivity index (χ1v) is 9.26. The number of carbonyl (C=O) groups excluding carboxylic acids is 1. The lowest BCUT2D eigenvalue weighted by Crippen LogP contribution is -2.26. The van der Waals surface area contributed by atoms with E-state index in [0.29, 0.717) is 16.5 Å². The molecule has 0 bridgehead atoms. The Bertz CT molecular complexity index is 1260. The normalized spacial score (nSPS) is 11.0. The number of hydrogen-bond acceptors (Lipinski definition) is 7. The molecular weight excluding hydrogens is 424 g/mol. The van der Waals surface area contributed by atoms with E-state index in [1.54, 1.807) is 24.3 Å². The van der Waals surface area contributed by atoms with Crippen molar-refractivity contribution in [1.82, 2.24) is 9.55 Å². The topological polar surface area (TPSA) is 103 Å². The molecule has 0 fully saturated rings. The molecule has 0 unspecified atom stereocenters. The molecule has 0 aliphatic heterocycles. The van der Waals surface area contributed by atoms with Crippen LogP contribution < -0.4 is 15.0 Å². The fraction of sp³-hybridized carbons (Fsp3) is 0.182. The van der Waals surface area contributed by atoms with Crippen molar-refractivity contribution in [2.75, 3.05) is 7.11 Å². The van der Waals surface area contributed by atoms with Crippen molar-refractivity contribution in [3.05, 3.63) is 70.3 Å². The van der Waals surface area contributed by atoms with Crippen molar-refractivity contribution in [3.63, 3.8) is 0 Å². The molecule has 1 aromatic heterocycles. The number of benzene rings is 2. The fourth-order valence-electron chi connectivity index (χ4n) is 2.89. The van der Waals surface area contributed by atoms with Crippen LogP contribution in [0.1, 0.15) is 11.4 Å². The standard InChI is InChI=1S/C22H17F2N3O5/c1-30-18-12-14(6-8-17(18)32-22(23)24)7-9-20(28)31-13-19-26-16-5-3-2-4-15(16)21(29)27(19)11-10-25/h2-9,12,22H,11,13H2,1H3/b9-7+. The number of halogens is 2. The van der Waals surface area contributed by atoms with Crippen molar-refractivity contribution >= 4 is 22.9 Å². The van der Waals surface area contributed by atoms with E-state index >= 15 is 0 Å². The summed E-state index contributed by atoms with van der Waals surface area (Å²) in [6.07, 6.45) is 2.52. The lowest BCUT2D eigenvalue weighted by atomic mass is 10.2. The number of para-hydroxylation sites is 1. The molecule has 0 aliphatic rings. The zero-order valence-corrected chi connectivity index (χ0v) is 16.8. The number of fused-ring (bicyclic) bond motifs is 1. The molecule has 0 saturated heterocycles. The summed E-state index contributed by atoms with van der Waals surface area (Å²) in [7, 11) is 1.30. The van der Waals surface area contributed by atoms with Crippen LogP contribution in [0.5, 0.6) is 11.5 Å². The van der Waals surface area contributed by atoms with Gasteiger partial charge in [-0.25, -0.2) is 9.78 Å². The maximum atomic E-state index is 12.6. The molecule has 0 spiro atoms. The minimum Gasteiger partial charge on any atom is -0.493 e. The molecule has 0 atom stereocenters. The van der Waals surface area contributed by atoms with Gasteiger partial charge >= 0.3 is 12.6 Å². The van der Waals surface area contributed by atoms with Crippen LogP contribution >= 0.6 is 0 Å². The third-order valence-electron chi connectivity index (χ3n) is 4.33. The molecule has 0 amide bonds. The minimum absolute atomic E-state index is 0.0710. The highest BCUT2D eigenvalue weighted by Gasteiger charge is 2.13. The summed E-state index contributed by atoms with van der Waals surface area (Å²) in [6, 6.07) is 12.7. The van der Waals surface area contributed by atoms with E-state index in [9.17, 15) is 18.4 Å². The molecule has 0 saturated carbocycles. The Kier molecular flexibility index (Phi) is 7.13. The van der Waals surface area contributed by atoms with E-state index in [1.807, 2.05) is 6.07 Å². The highest BCUT2D eigenvalue weighted by atomic mass is 19.3. The number of nitrogens with zero attached hydrogens (tertiary/aromatic N) is 3. The average Bonchev–Trinajstić information content (AvgIpc) is 2.78. The van der Waals surface area contributed by atoms with Gasteiger partial charge < -0.3 is 14.2 Å². The van der Waals surface area contributed by atoms with E-state index < -0.39 is 18.1 Å². The van der Waals surface area contributed by atoms with Crippen LogP contribution in [0.3, 0.4) is 0 Å². The quantitative estimate of drug-likeness (QED) is 0.390. The summed E-state index contributed by atoms with van der Waals surface area (Å²) < 4.78 is 40.5. The number of rotatable bonds is 8. The molecule has 32 heavy (non-hydrogen) atoms. The van der Waals surface area contributed by atoms with Crippen LogP contribution in [0.2, 0.25) is 0 Å². The first-order valence-electron chi connectivity index (χ1n) is 9.26. The zero-order chi connectivity index (χ0) is 23.1. The molecule has 0 aliphatic carbocycles.